The maximum atomic E-state index is 12.3. The Bertz CT molecular complexity index is 714. The van der Waals surface area contributed by atoms with Gasteiger partial charge in [-0.1, -0.05) is 11.6 Å². The quantitative estimate of drug-likeness (QED) is 0.814. The molecule has 9 heteroatoms. The van der Waals surface area contributed by atoms with Crippen molar-refractivity contribution < 1.29 is 14.7 Å². The average molecular weight is 352 g/mol. The van der Waals surface area contributed by atoms with Crippen LogP contribution in [0.1, 0.15) is 20.3 Å². The van der Waals surface area contributed by atoms with Gasteiger partial charge in [0.15, 0.2) is 0 Å². The van der Waals surface area contributed by atoms with Gasteiger partial charge in [-0.15, -0.1) is 10.2 Å². The Morgan fingerprint density at radius 2 is 1.96 bits per heavy atom. The van der Waals surface area contributed by atoms with Gasteiger partial charge in [-0.25, -0.2) is 0 Å². The molecule has 24 heavy (non-hydrogen) atoms. The maximum Gasteiger partial charge on any atom is 0.305 e. The number of carbonyl (C=O) groups excluding carboxylic acids is 1. The number of nitrogens with zero attached hydrogens (tertiary/aromatic N) is 5. The van der Waals surface area contributed by atoms with E-state index in [1.165, 1.54) is 9.70 Å². The number of halogens is 1. The normalized spacial score (nSPS) is 10.8. The number of amides is 1. The van der Waals surface area contributed by atoms with Crippen LogP contribution in [0.3, 0.4) is 0 Å². The Balaban J connectivity index is 2.05. The van der Waals surface area contributed by atoms with Crippen LogP contribution >= 0.6 is 11.6 Å². The van der Waals surface area contributed by atoms with Gasteiger partial charge >= 0.3 is 5.97 Å². The lowest BCUT2D eigenvalue weighted by Crippen LogP contribution is -2.40. The predicted molar refractivity (Wildman–Crippen MR) is 87.4 cm³/mol. The van der Waals surface area contributed by atoms with Gasteiger partial charge in [0.2, 0.25) is 11.7 Å². The summed E-state index contributed by atoms with van der Waals surface area (Å²) in [5, 5.41) is 21.3. The highest BCUT2D eigenvalue weighted by Crippen LogP contribution is 2.17. The van der Waals surface area contributed by atoms with Crippen LogP contribution in [0.25, 0.3) is 11.4 Å². The van der Waals surface area contributed by atoms with E-state index < -0.39 is 5.97 Å². The minimum atomic E-state index is -0.947. The van der Waals surface area contributed by atoms with Gasteiger partial charge < -0.3 is 10.0 Å². The molecule has 1 aromatic heterocycles. The number of rotatable bonds is 7. The Morgan fingerprint density at radius 1 is 1.29 bits per heavy atom. The number of hydrogen-bond donors (Lipinski definition) is 1. The smallest absolute Gasteiger partial charge is 0.305 e. The van der Waals surface area contributed by atoms with Gasteiger partial charge in [-0.2, -0.15) is 4.80 Å². The molecule has 0 spiro atoms. The average Bonchev–Trinajstić information content (AvgIpc) is 2.95. The second-order valence-corrected chi connectivity index (χ2v) is 5.91. The molecule has 128 valence electrons. The second kappa shape index (κ2) is 7.87. The lowest BCUT2D eigenvalue weighted by Gasteiger charge is -2.25. The van der Waals surface area contributed by atoms with E-state index in [-0.39, 0.29) is 31.5 Å². The number of aromatic nitrogens is 4. The van der Waals surface area contributed by atoms with Gasteiger partial charge in [0.05, 0.1) is 6.42 Å². The molecule has 0 atom stereocenters. The van der Waals surface area contributed by atoms with Gasteiger partial charge in [0, 0.05) is 23.2 Å². The van der Waals surface area contributed by atoms with Crippen LogP contribution < -0.4 is 0 Å². The van der Waals surface area contributed by atoms with Crippen LogP contribution in [0, 0.1) is 0 Å². The molecule has 0 fully saturated rings. The minimum absolute atomic E-state index is 0.0988. The summed E-state index contributed by atoms with van der Waals surface area (Å²) in [6.07, 6.45) is -0.106. The highest BCUT2D eigenvalue weighted by molar-refractivity contribution is 6.30. The molecule has 1 heterocycles. The first-order valence-corrected chi connectivity index (χ1v) is 7.79. The van der Waals surface area contributed by atoms with E-state index in [0.717, 1.165) is 5.56 Å². The molecule has 0 aliphatic carbocycles. The highest BCUT2D eigenvalue weighted by atomic mass is 35.5. The summed E-state index contributed by atoms with van der Waals surface area (Å²) in [6.45, 7) is 3.70. The first-order valence-electron chi connectivity index (χ1n) is 7.42. The van der Waals surface area contributed by atoms with Crippen molar-refractivity contribution in [2.45, 2.75) is 32.9 Å². The van der Waals surface area contributed by atoms with Crippen LogP contribution in [0.5, 0.6) is 0 Å². The Hall–Kier alpha value is -2.48. The number of carbonyl (C=O) groups is 2. The van der Waals surface area contributed by atoms with Crippen molar-refractivity contribution in [1.82, 2.24) is 25.1 Å². The molecule has 0 aliphatic rings. The van der Waals surface area contributed by atoms with Crippen LogP contribution in [0.4, 0.5) is 0 Å². The molecule has 8 nitrogen and oxygen atoms in total. The summed E-state index contributed by atoms with van der Waals surface area (Å²) < 4.78 is 0. The Morgan fingerprint density at radius 3 is 2.54 bits per heavy atom. The summed E-state index contributed by atoms with van der Waals surface area (Å²) in [7, 11) is 0. The molecule has 1 N–H and O–H groups in total. The Labute approximate surface area is 144 Å². The second-order valence-electron chi connectivity index (χ2n) is 5.47. The van der Waals surface area contributed by atoms with Crippen molar-refractivity contribution in [3.63, 3.8) is 0 Å². The fraction of sp³-hybridized carbons (Fsp3) is 0.400. The van der Waals surface area contributed by atoms with Gasteiger partial charge in [-0.3, -0.25) is 9.59 Å². The summed E-state index contributed by atoms with van der Waals surface area (Å²) in [4.78, 5) is 25.7. The number of carboxylic acids is 1. The number of hydrogen-bond acceptors (Lipinski definition) is 5. The van der Waals surface area contributed by atoms with E-state index in [9.17, 15) is 9.59 Å². The molecule has 2 rings (SSSR count). The zero-order valence-corrected chi connectivity index (χ0v) is 14.1. The van der Waals surface area contributed by atoms with Crippen molar-refractivity contribution >= 4 is 23.5 Å². The van der Waals surface area contributed by atoms with E-state index in [1.807, 2.05) is 13.8 Å². The molecule has 0 radical (unpaired) electrons. The van der Waals surface area contributed by atoms with E-state index in [2.05, 4.69) is 15.4 Å². The van der Waals surface area contributed by atoms with Gasteiger partial charge in [0.25, 0.3) is 0 Å². The summed E-state index contributed by atoms with van der Waals surface area (Å²) in [5.74, 6) is -0.815. The molecule has 1 aromatic carbocycles. The van der Waals surface area contributed by atoms with Crippen LogP contribution in [-0.4, -0.2) is 54.7 Å². The fourth-order valence-corrected chi connectivity index (χ4v) is 2.25. The van der Waals surface area contributed by atoms with E-state index in [4.69, 9.17) is 16.7 Å². The van der Waals surface area contributed by atoms with Crippen molar-refractivity contribution in [3.8, 4) is 11.4 Å². The summed E-state index contributed by atoms with van der Waals surface area (Å²) in [6, 6.07) is 6.85. The zero-order chi connectivity index (χ0) is 17.7. The highest BCUT2D eigenvalue weighted by Gasteiger charge is 2.19. The predicted octanol–water partition coefficient (Wildman–Crippen LogP) is 1.71. The number of carboxylic acid groups (broad SMARTS) is 1. The standard InChI is InChI=1S/C15H18ClN5O3/c1-10(2)20(8-7-14(23)24)13(22)9-21-18-15(17-19-21)11-3-5-12(16)6-4-11/h3-6,10H,7-9H2,1-2H3,(H,23,24). The van der Waals surface area contributed by atoms with Crippen LogP contribution in [0.15, 0.2) is 24.3 Å². The third kappa shape index (κ3) is 4.76. The summed E-state index contributed by atoms with van der Waals surface area (Å²) in [5.41, 5.74) is 0.740. The van der Waals surface area contributed by atoms with Crippen molar-refractivity contribution in [2.24, 2.45) is 0 Å². The minimum Gasteiger partial charge on any atom is -0.481 e. The van der Waals surface area contributed by atoms with Crippen molar-refractivity contribution in [1.29, 1.82) is 0 Å². The topological polar surface area (TPSA) is 101 Å². The zero-order valence-electron chi connectivity index (χ0n) is 13.4. The molecular weight excluding hydrogens is 334 g/mol. The third-order valence-corrected chi connectivity index (χ3v) is 3.59. The van der Waals surface area contributed by atoms with Crippen LogP contribution in [0.2, 0.25) is 5.02 Å². The summed E-state index contributed by atoms with van der Waals surface area (Å²) >= 11 is 5.84. The lowest BCUT2D eigenvalue weighted by atomic mass is 10.2. The maximum absolute atomic E-state index is 12.3. The molecule has 0 unspecified atom stereocenters. The Kier molecular flexibility index (Phi) is 5.86. The van der Waals surface area contributed by atoms with E-state index >= 15 is 0 Å². The third-order valence-electron chi connectivity index (χ3n) is 3.34. The number of tetrazole rings is 1. The molecule has 1 amide bonds. The monoisotopic (exact) mass is 351 g/mol. The molecule has 0 aliphatic heterocycles. The largest absolute Gasteiger partial charge is 0.481 e. The van der Waals surface area contributed by atoms with E-state index in [1.54, 1.807) is 24.3 Å². The number of benzene rings is 1. The molecule has 0 saturated carbocycles. The molecule has 0 saturated heterocycles. The molecule has 2 aromatic rings. The van der Waals surface area contributed by atoms with Gasteiger partial charge in [0.1, 0.15) is 6.54 Å². The lowest BCUT2D eigenvalue weighted by molar-refractivity contribution is -0.139. The van der Waals surface area contributed by atoms with Crippen LogP contribution in [-0.2, 0) is 16.1 Å². The molecular formula is C15H18ClN5O3. The fourth-order valence-electron chi connectivity index (χ4n) is 2.12. The van der Waals surface area contributed by atoms with Gasteiger partial charge in [-0.05, 0) is 43.3 Å². The van der Waals surface area contributed by atoms with E-state index in [0.29, 0.717) is 10.8 Å². The SMILES string of the molecule is CC(C)N(CCC(=O)O)C(=O)Cn1nnc(-c2ccc(Cl)cc2)n1. The van der Waals surface area contributed by atoms with Crippen molar-refractivity contribution in [2.75, 3.05) is 6.54 Å². The first kappa shape index (κ1) is 17.9. The molecule has 0 bridgehead atoms. The van der Waals surface area contributed by atoms with Crippen molar-refractivity contribution in [3.05, 3.63) is 29.3 Å². The first-order chi connectivity index (χ1) is 11.4. The number of aliphatic carboxylic acids is 1.